The van der Waals surface area contributed by atoms with Crippen LogP contribution in [0.25, 0.3) is 0 Å². The minimum atomic E-state index is -3.50. The molecule has 174 valence electrons. The molecule has 3 saturated heterocycles. The van der Waals surface area contributed by atoms with E-state index in [-0.39, 0.29) is 11.8 Å². The second kappa shape index (κ2) is 9.89. The van der Waals surface area contributed by atoms with E-state index in [1.165, 1.54) is 43.7 Å². The van der Waals surface area contributed by atoms with Crippen LogP contribution in [-0.2, 0) is 14.8 Å². The van der Waals surface area contributed by atoms with Crippen LogP contribution in [0.1, 0.15) is 50.3 Å². The molecule has 0 aliphatic carbocycles. The van der Waals surface area contributed by atoms with Crippen molar-refractivity contribution in [2.75, 3.05) is 45.8 Å². The van der Waals surface area contributed by atoms with E-state index < -0.39 is 10.0 Å². The number of nitrogens with zero attached hydrogens (tertiary/aromatic N) is 3. The molecule has 1 aromatic rings. The normalized spacial score (nSPS) is 27.5. The summed E-state index contributed by atoms with van der Waals surface area (Å²) in [7, 11) is -3.50. The van der Waals surface area contributed by atoms with Gasteiger partial charge >= 0.3 is 0 Å². The molecule has 0 spiro atoms. The Morgan fingerprint density at radius 1 is 1.03 bits per heavy atom. The summed E-state index contributed by atoms with van der Waals surface area (Å²) in [6.45, 7) is 10.2. The standard InChI is InChI=1S/C23H37N3O3S2/c1-18-9-13-24(14-10-18)15-20-5-3-11-25(16-20)23(27)21-6-4-12-26(17-21)31(28,29)22-8-7-19(2)30-22/h7-8,18,20-21H,3-6,9-17H2,1-2H3. The quantitative estimate of drug-likeness (QED) is 0.666. The number of hydrogen-bond donors (Lipinski definition) is 0. The molecule has 3 fully saturated rings. The Morgan fingerprint density at radius 2 is 1.77 bits per heavy atom. The zero-order valence-electron chi connectivity index (χ0n) is 19.0. The zero-order chi connectivity index (χ0) is 22.0. The van der Waals surface area contributed by atoms with Crippen LogP contribution in [-0.4, -0.2) is 74.2 Å². The van der Waals surface area contributed by atoms with Gasteiger partial charge < -0.3 is 9.80 Å². The highest BCUT2D eigenvalue weighted by molar-refractivity contribution is 7.91. The van der Waals surface area contributed by atoms with Gasteiger partial charge in [-0.2, -0.15) is 4.31 Å². The number of likely N-dealkylation sites (tertiary alicyclic amines) is 2. The number of piperidine rings is 3. The van der Waals surface area contributed by atoms with Crippen molar-refractivity contribution in [2.45, 2.75) is 56.6 Å². The predicted molar refractivity (Wildman–Crippen MR) is 125 cm³/mol. The second-order valence-electron chi connectivity index (χ2n) is 9.84. The third-order valence-corrected chi connectivity index (χ3v) is 10.6. The fourth-order valence-electron chi connectivity index (χ4n) is 5.32. The molecule has 6 nitrogen and oxygen atoms in total. The lowest BCUT2D eigenvalue weighted by Gasteiger charge is -2.40. The molecule has 1 aromatic heterocycles. The van der Waals surface area contributed by atoms with E-state index in [1.807, 2.05) is 17.9 Å². The van der Waals surface area contributed by atoms with Gasteiger partial charge in [-0.05, 0) is 82.5 Å². The van der Waals surface area contributed by atoms with E-state index in [1.54, 1.807) is 10.4 Å². The molecule has 0 bridgehead atoms. The highest BCUT2D eigenvalue weighted by Crippen LogP contribution is 2.30. The largest absolute Gasteiger partial charge is 0.342 e. The van der Waals surface area contributed by atoms with Gasteiger partial charge in [-0.1, -0.05) is 6.92 Å². The van der Waals surface area contributed by atoms with Crippen molar-refractivity contribution in [2.24, 2.45) is 17.8 Å². The third kappa shape index (κ3) is 5.52. The molecule has 2 atom stereocenters. The topological polar surface area (TPSA) is 60.9 Å². The van der Waals surface area contributed by atoms with Crippen molar-refractivity contribution in [3.8, 4) is 0 Å². The summed E-state index contributed by atoms with van der Waals surface area (Å²) in [5, 5.41) is 0. The first kappa shape index (κ1) is 23.2. The predicted octanol–water partition coefficient (Wildman–Crippen LogP) is 3.43. The summed E-state index contributed by atoms with van der Waals surface area (Å²) < 4.78 is 28.0. The lowest BCUT2D eigenvalue weighted by molar-refractivity contribution is -0.138. The molecule has 3 aliphatic rings. The molecule has 8 heteroatoms. The highest BCUT2D eigenvalue weighted by Gasteiger charge is 2.37. The molecule has 4 rings (SSSR count). The Morgan fingerprint density at radius 3 is 2.48 bits per heavy atom. The van der Waals surface area contributed by atoms with Gasteiger partial charge in [-0.25, -0.2) is 8.42 Å². The van der Waals surface area contributed by atoms with Gasteiger partial charge in [0.1, 0.15) is 4.21 Å². The Bertz CT molecular complexity index is 861. The summed E-state index contributed by atoms with van der Waals surface area (Å²) in [5.41, 5.74) is 0. The van der Waals surface area contributed by atoms with Gasteiger partial charge in [0, 0.05) is 37.6 Å². The van der Waals surface area contributed by atoms with Crippen molar-refractivity contribution in [3.63, 3.8) is 0 Å². The molecule has 4 heterocycles. The summed E-state index contributed by atoms with van der Waals surface area (Å²) in [6.07, 6.45) is 6.36. The molecule has 0 aromatic carbocycles. The first-order valence-electron chi connectivity index (χ1n) is 11.9. The van der Waals surface area contributed by atoms with E-state index >= 15 is 0 Å². The van der Waals surface area contributed by atoms with Crippen LogP contribution in [0.2, 0.25) is 0 Å². The van der Waals surface area contributed by atoms with Crippen LogP contribution in [0.15, 0.2) is 16.3 Å². The van der Waals surface area contributed by atoms with E-state index in [2.05, 4.69) is 11.8 Å². The Labute approximate surface area is 191 Å². The lowest BCUT2D eigenvalue weighted by Crippen LogP contribution is -2.50. The monoisotopic (exact) mass is 467 g/mol. The maximum Gasteiger partial charge on any atom is 0.252 e. The average Bonchev–Trinajstić information content (AvgIpc) is 3.22. The smallest absolute Gasteiger partial charge is 0.252 e. The van der Waals surface area contributed by atoms with Crippen molar-refractivity contribution < 1.29 is 13.2 Å². The highest BCUT2D eigenvalue weighted by atomic mass is 32.2. The fourth-order valence-corrected chi connectivity index (χ4v) is 8.28. The number of aryl methyl sites for hydroxylation is 1. The van der Waals surface area contributed by atoms with Crippen LogP contribution < -0.4 is 0 Å². The average molecular weight is 468 g/mol. The molecule has 0 saturated carbocycles. The van der Waals surface area contributed by atoms with Gasteiger partial charge in [-0.15, -0.1) is 11.3 Å². The second-order valence-corrected chi connectivity index (χ2v) is 13.3. The van der Waals surface area contributed by atoms with Crippen LogP contribution in [0.3, 0.4) is 0 Å². The van der Waals surface area contributed by atoms with Crippen LogP contribution in [0.5, 0.6) is 0 Å². The molecule has 0 N–H and O–H groups in total. The van der Waals surface area contributed by atoms with Crippen molar-refractivity contribution in [3.05, 3.63) is 17.0 Å². The van der Waals surface area contributed by atoms with Crippen LogP contribution >= 0.6 is 11.3 Å². The fraction of sp³-hybridized carbons (Fsp3) is 0.783. The van der Waals surface area contributed by atoms with Gasteiger partial charge in [0.2, 0.25) is 5.91 Å². The van der Waals surface area contributed by atoms with E-state index in [0.717, 1.165) is 49.7 Å². The van der Waals surface area contributed by atoms with Gasteiger partial charge in [0.15, 0.2) is 0 Å². The first-order valence-corrected chi connectivity index (χ1v) is 14.2. The van der Waals surface area contributed by atoms with Crippen molar-refractivity contribution in [1.29, 1.82) is 0 Å². The van der Waals surface area contributed by atoms with Gasteiger partial charge in [0.05, 0.1) is 5.92 Å². The molecule has 1 amide bonds. The van der Waals surface area contributed by atoms with Crippen molar-refractivity contribution >= 4 is 27.3 Å². The van der Waals surface area contributed by atoms with Crippen LogP contribution in [0.4, 0.5) is 0 Å². The number of sulfonamides is 1. The maximum atomic E-state index is 13.3. The minimum Gasteiger partial charge on any atom is -0.342 e. The lowest BCUT2D eigenvalue weighted by atomic mass is 9.92. The number of carbonyl (C=O) groups excluding carboxylic acids is 1. The molecular formula is C23H37N3O3S2. The van der Waals surface area contributed by atoms with E-state index in [0.29, 0.717) is 23.2 Å². The number of amides is 1. The molecule has 2 unspecified atom stereocenters. The Hall–Kier alpha value is -0.960. The molecule has 0 radical (unpaired) electrons. The first-order chi connectivity index (χ1) is 14.8. The summed E-state index contributed by atoms with van der Waals surface area (Å²) >= 11 is 1.31. The van der Waals surface area contributed by atoms with Gasteiger partial charge in [-0.3, -0.25) is 4.79 Å². The SMILES string of the molecule is Cc1ccc(S(=O)(=O)N2CCCC(C(=O)N3CCCC(CN4CCC(C)CC4)C3)C2)s1. The summed E-state index contributed by atoms with van der Waals surface area (Å²) in [5.74, 6) is 1.34. The summed E-state index contributed by atoms with van der Waals surface area (Å²) in [4.78, 5) is 19.0. The maximum absolute atomic E-state index is 13.3. The number of thiophene rings is 1. The van der Waals surface area contributed by atoms with Crippen LogP contribution in [0, 0.1) is 24.7 Å². The van der Waals surface area contributed by atoms with E-state index in [4.69, 9.17) is 0 Å². The van der Waals surface area contributed by atoms with E-state index in [9.17, 15) is 13.2 Å². The Balaban J connectivity index is 1.35. The third-order valence-electron chi connectivity index (χ3n) is 7.27. The zero-order valence-corrected chi connectivity index (χ0v) is 20.6. The Kier molecular flexibility index (Phi) is 7.41. The number of rotatable bonds is 5. The molecular weight excluding hydrogens is 430 g/mol. The number of carbonyl (C=O) groups is 1. The van der Waals surface area contributed by atoms with Crippen molar-refractivity contribution in [1.82, 2.24) is 14.1 Å². The van der Waals surface area contributed by atoms with Gasteiger partial charge in [0.25, 0.3) is 10.0 Å². The molecule has 31 heavy (non-hydrogen) atoms. The molecule has 3 aliphatic heterocycles. The minimum absolute atomic E-state index is 0.166. The number of hydrogen-bond acceptors (Lipinski definition) is 5. The summed E-state index contributed by atoms with van der Waals surface area (Å²) in [6, 6.07) is 3.54.